The molecular formula is C13H19F2NO3. The molecule has 0 fully saturated rings. The van der Waals surface area contributed by atoms with Crippen LogP contribution < -0.4 is 14.8 Å². The lowest BCUT2D eigenvalue weighted by molar-refractivity contribution is -0.0512. The van der Waals surface area contributed by atoms with Crippen molar-refractivity contribution in [3.05, 3.63) is 23.8 Å². The molecule has 0 saturated heterocycles. The first kappa shape index (κ1) is 15.7. The van der Waals surface area contributed by atoms with Gasteiger partial charge >= 0.3 is 6.61 Å². The van der Waals surface area contributed by atoms with Crippen LogP contribution in [0.3, 0.4) is 0 Å². The minimum atomic E-state index is -2.87. The van der Waals surface area contributed by atoms with E-state index >= 15 is 0 Å². The zero-order chi connectivity index (χ0) is 14.3. The Morgan fingerprint density at radius 3 is 2.63 bits per heavy atom. The Balaban J connectivity index is 2.65. The molecule has 108 valence electrons. The van der Waals surface area contributed by atoms with Crippen molar-refractivity contribution in [1.29, 1.82) is 0 Å². The molecular weight excluding hydrogens is 256 g/mol. The highest BCUT2D eigenvalue weighted by Crippen LogP contribution is 2.29. The van der Waals surface area contributed by atoms with Crippen LogP contribution in [-0.4, -0.2) is 31.5 Å². The lowest BCUT2D eigenvalue weighted by atomic mass is 10.1. The van der Waals surface area contributed by atoms with Gasteiger partial charge in [0, 0.05) is 19.2 Å². The molecule has 0 aliphatic rings. The highest BCUT2D eigenvalue weighted by molar-refractivity contribution is 5.42. The Bertz CT molecular complexity index is 388. The molecule has 0 bridgehead atoms. The van der Waals surface area contributed by atoms with Gasteiger partial charge in [0.15, 0.2) is 11.5 Å². The molecule has 0 aliphatic heterocycles. The molecule has 1 rings (SSSR count). The average Bonchev–Trinajstić information content (AvgIpc) is 2.37. The van der Waals surface area contributed by atoms with Gasteiger partial charge in [0.2, 0.25) is 0 Å². The van der Waals surface area contributed by atoms with Crippen LogP contribution in [0.1, 0.15) is 18.9 Å². The maximum Gasteiger partial charge on any atom is 0.387 e. The lowest BCUT2D eigenvalue weighted by Crippen LogP contribution is -2.26. The fraction of sp³-hybridized carbons (Fsp3) is 0.538. The molecule has 1 atom stereocenters. The summed E-state index contributed by atoms with van der Waals surface area (Å²) in [6.07, 6.45) is 0.656. The average molecular weight is 275 g/mol. The number of aliphatic hydroxyl groups is 1. The standard InChI is InChI=1S/C13H19F2NO3/c1-9(5-6-17)16-8-10-3-4-11(19-13(14)15)12(7-10)18-2/h3-4,7,9,13,16-17H,5-6,8H2,1-2H3. The van der Waals surface area contributed by atoms with Crippen molar-refractivity contribution in [3.63, 3.8) is 0 Å². The third-order valence-electron chi connectivity index (χ3n) is 2.66. The number of benzene rings is 1. The molecule has 0 spiro atoms. The molecule has 0 heterocycles. The number of halogens is 2. The fourth-order valence-electron chi connectivity index (χ4n) is 1.60. The van der Waals surface area contributed by atoms with Crippen molar-refractivity contribution in [3.8, 4) is 11.5 Å². The zero-order valence-electron chi connectivity index (χ0n) is 11.0. The van der Waals surface area contributed by atoms with Crippen LogP contribution in [0.15, 0.2) is 18.2 Å². The number of alkyl halides is 2. The summed E-state index contributed by atoms with van der Waals surface area (Å²) in [5.41, 5.74) is 0.892. The van der Waals surface area contributed by atoms with Crippen LogP contribution in [-0.2, 0) is 6.54 Å². The summed E-state index contributed by atoms with van der Waals surface area (Å²) in [5, 5.41) is 12.0. The van der Waals surface area contributed by atoms with Crippen molar-refractivity contribution >= 4 is 0 Å². The summed E-state index contributed by atoms with van der Waals surface area (Å²) < 4.78 is 33.7. The summed E-state index contributed by atoms with van der Waals surface area (Å²) in [4.78, 5) is 0. The van der Waals surface area contributed by atoms with Crippen LogP contribution in [0.5, 0.6) is 11.5 Å². The first-order valence-electron chi connectivity index (χ1n) is 6.02. The Morgan fingerprint density at radius 1 is 1.32 bits per heavy atom. The molecule has 1 aromatic carbocycles. The van der Waals surface area contributed by atoms with Crippen LogP contribution in [0.2, 0.25) is 0 Å². The maximum atomic E-state index is 12.2. The van der Waals surface area contributed by atoms with Gasteiger partial charge in [-0.2, -0.15) is 8.78 Å². The maximum absolute atomic E-state index is 12.2. The van der Waals surface area contributed by atoms with E-state index in [1.54, 1.807) is 12.1 Å². The van der Waals surface area contributed by atoms with E-state index in [-0.39, 0.29) is 24.1 Å². The van der Waals surface area contributed by atoms with Crippen LogP contribution in [0.4, 0.5) is 8.78 Å². The van der Waals surface area contributed by atoms with Gasteiger partial charge < -0.3 is 19.9 Å². The summed E-state index contributed by atoms with van der Waals surface area (Å²) >= 11 is 0. The van der Waals surface area contributed by atoms with Gasteiger partial charge in [0.1, 0.15) is 0 Å². The summed E-state index contributed by atoms with van der Waals surface area (Å²) in [6, 6.07) is 4.97. The van der Waals surface area contributed by atoms with E-state index in [0.717, 1.165) is 5.56 Å². The lowest BCUT2D eigenvalue weighted by Gasteiger charge is -2.14. The Morgan fingerprint density at radius 2 is 2.05 bits per heavy atom. The molecule has 0 aromatic heterocycles. The van der Waals surface area contributed by atoms with Gasteiger partial charge in [-0.3, -0.25) is 0 Å². The fourth-order valence-corrected chi connectivity index (χ4v) is 1.60. The summed E-state index contributed by atoms with van der Waals surface area (Å²) in [6.45, 7) is -0.227. The number of nitrogens with one attached hydrogen (secondary N) is 1. The molecule has 1 unspecified atom stereocenters. The van der Waals surface area contributed by atoms with Gasteiger partial charge in [-0.05, 0) is 31.0 Å². The second-order valence-corrected chi connectivity index (χ2v) is 4.16. The van der Waals surface area contributed by atoms with Gasteiger partial charge in [-0.25, -0.2) is 0 Å². The molecule has 0 saturated carbocycles. The van der Waals surface area contributed by atoms with Crippen LogP contribution in [0.25, 0.3) is 0 Å². The van der Waals surface area contributed by atoms with Gasteiger partial charge in [-0.1, -0.05) is 6.07 Å². The summed E-state index contributed by atoms with van der Waals surface area (Å²) in [7, 11) is 1.40. The molecule has 2 N–H and O–H groups in total. The van der Waals surface area contributed by atoms with Crippen molar-refractivity contribution < 1.29 is 23.4 Å². The second kappa shape index (κ2) is 7.91. The molecule has 19 heavy (non-hydrogen) atoms. The van der Waals surface area contributed by atoms with Crippen molar-refractivity contribution in [1.82, 2.24) is 5.32 Å². The number of hydrogen-bond acceptors (Lipinski definition) is 4. The number of hydrogen-bond donors (Lipinski definition) is 2. The van der Waals surface area contributed by atoms with Crippen LogP contribution in [0, 0.1) is 0 Å². The van der Waals surface area contributed by atoms with E-state index < -0.39 is 6.61 Å². The van der Waals surface area contributed by atoms with Crippen molar-refractivity contribution in [2.75, 3.05) is 13.7 Å². The van der Waals surface area contributed by atoms with E-state index in [4.69, 9.17) is 9.84 Å². The molecule has 0 aliphatic carbocycles. The summed E-state index contributed by atoms with van der Waals surface area (Å²) in [5.74, 6) is 0.291. The minimum absolute atomic E-state index is 0.0182. The van der Waals surface area contributed by atoms with Crippen molar-refractivity contribution in [2.45, 2.75) is 32.5 Å². The zero-order valence-corrected chi connectivity index (χ0v) is 11.0. The predicted molar refractivity (Wildman–Crippen MR) is 67.6 cm³/mol. The minimum Gasteiger partial charge on any atom is -0.493 e. The molecule has 0 amide bonds. The smallest absolute Gasteiger partial charge is 0.387 e. The van der Waals surface area contributed by atoms with E-state index in [1.165, 1.54) is 13.2 Å². The topological polar surface area (TPSA) is 50.7 Å². The number of aliphatic hydroxyl groups excluding tert-OH is 1. The van der Waals surface area contributed by atoms with E-state index in [2.05, 4.69) is 10.1 Å². The Kier molecular flexibility index (Phi) is 6.52. The van der Waals surface area contributed by atoms with E-state index in [0.29, 0.717) is 13.0 Å². The molecule has 6 heteroatoms. The van der Waals surface area contributed by atoms with Crippen LogP contribution >= 0.6 is 0 Å². The molecule has 4 nitrogen and oxygen atoms in total. The number of ether oxygens (including phenoxy) is 2. The SMILES string of the molecule is COc1cc(CNC(C)CCO)ccc1OC(F)F. The first-order chi connectivity index (χ1) is 9.06. The highest BCUT2D eigenvalue weighted by atomic mass is 19.3. The van der Waals surface area contributed by atoms with Gasteiger partial charge in [0.05, 0.1) is 7.11 Å². The monoisotopic (exact) mass is 275 g/mol. The molecule has 1 aromatic rings. The highest BCUT2D eigenvalue weighted by Gasteiger charge is 2.11. The van der Waals surface area contributed by atoms with E-state index in [9.17, 15) is 8.78 Å². The third kappa shape index (κ3) is 5.40. The molecule has 0 radical (unpaired) electrons. The predicted octanol–water partition coefficient (Wildman–Crippen LogP) is 2.16. The first-order valence-corrected chi connectivity index (χ1v) is 6.02. The third-order valence-corrected chi connectivity index (χ3v) is 2.66. The second-order valence-electron chi connectivity index (χ2n) is 4.16. The van der Waals surface area contributed by atoms with Crippen molar-refractivity contribution in [2.24, 2.45) is 0 Å². The number of methoxy groups -OCH3 is 1. The number of rotatable bonds is 8. The van der Waals surface area contributed by atoms with E-state index in [1.807, 2.05) is 6.92 Å². The quantitative estimate of drug-likeness (QED) is 0.763. The largest absolute Gasteiger partial charge is 0.493 e. The van der Waals surface area contributed by atoms with Gasteiger partial charge in [-0.15, -0.1) is 0 Å². The van der Waals surface area contributed by atoms with Gasteiger partial charge in [0.25, 0.3) is 0 Å². The normalized spacial score (nSPS) is 12.5. The Labute approximate surface area is 111 Å². The Hall–Kier alpha value is -1.40.